The lowest BCUT2D eigenvalue weighted by Crippen LogP contribution is -2.12. The summed E-state index contributed by atoms with van der Waals surface area (Å²) >= 11 is 4.11. The van der Waals surface area contributed by atoms with Gasteiger partial charge in [0.2, 0.25) is 5.91 Å². The molecular weight excluding hydrogens is 262 g/mol. The second kappa shape index (κ2) is 6.78. The Morgan fingerprint density at radius 2 is 2.38 bits per heavy atom. The van der Waals surface area contributed by atoms with E-state index in [-0.39, 0.29) is 11.7 Å². The van der Waals surface area contributed by atoms with Crippen LogP contribution in [0.5, 0.6) is 0 Å². The smallest absolute Gasteiger partial charge is 0.227 e. The van der Waals surface area contributed by atoms with Crippen LogP contribution in [-0.4, -0.2) is 21.8 Å². The van der Waals surface area contributed by atoms with E-state index in [1.54, 1.807) is 11.8 Å². The minimum Gasteiger partial charge on any atom is -0.369 e. The molecule has 1 rings (SSSR count). The molecule has 0 aliphatic heterocycles. The Balaban J connectivity index is 2.74. The van der Waals surface area contributed by atoms with Crippen LogP contribution in [0.3, 0.4) is 0 Å². The van der Waals surface area contributed by atoms with Crippen molar-refractivity contribution in [2.45, 2.75) is 22.6 Å². The highest BCUT2D eigenvalue weighted by molar-refractivity contribution is 8.02. The molecule has 86 valence electrons. The number of aromatic nitrogens is 1. The molecule has 16 heavy (non-hydrogen) atoms. The maximum atomic E-state index is 10.6. The molecule has 4 nitrogen and oxygen atoms in total. The lowest BCUT2D eigenvalue weighted by Gasteiger charge is -1.96. The van der Waals surface area contributed by atoms with Gasteiger partial charge in [-0.25, -0.2) is 0 Å². The van der Waals surface area contributed by atoms with E-state index in [1.807, 2.05) is 0 Å². The molecule has 0 aromatic carbocycles. The first kappa shape index (κ1) is 13.4. The van der Waals surface area contributed by atoms with Crippen molar-refractivity contribution in [3.05, 3.63) is 5.56 Å². The largest absolute Gasteiger partial charge is 0.369 e. The molecule has 1 aromatic heterocycles. The van der Waals surface area contributed by atoms with Gasteiger partial charge < -0.3 is 5.73 Å². The number of nitrogens with two attached hydrogens (primary N) is 1. The highest BCUT2D eigenvalue weighted by atomic mass is 32.2. The molecular formula is C9H11N3OS3. The van der Waals surface area contributed by atoms with Gasteiger partial charge in [-0.05, 0) is 23.7 Å². The Bertz CT molecular complexity index is 411. The first-order valence-electron chi connectivity index (χ1n) is 4.62. The van der Waals surface area contributed by atoms with E-state index < -0.39 is 0 Å². The molecule has 1 amide bonds. The quantitative estimate of drug-likeness (QED) is 0.803. The number of hydrogen-bond acceptors (Lipinski definition) is 6. The van der Waals surface area contributed by atoms with Crippen molar-refractivity contribution in [2.75, 3.05) is 11.5 Å². The summed E-state index contributed by atoms with van der Waals surface area (Å²) < 4.78 is 4.99. The third-order valence-electron chi connectivity index (χ3n) is 1.53. The number of hydrogen-bond donors (Lipinski definition) is 1. The highest BCUT2D eigenvalue weighted by Gasteiger charge is 2.14. The molecule has 0 radical (unpaired) electrons. The number of nitrogens with zero attached hydrogens (tertiary/aromatic N) is 2. The molecule has 0 aliphatic carbocycles. The number of carbonyl (C=O) groups is 1. The summed E-state index contributed by atoms with van der Waals surface area (Å²) in [5.74, 6) is 0.748. The molecule has 0 saturated heterocycles. The fourth-order valence-electron chi connectivity index (χ4n) is 0.887. The van der Waals surface area contributed by atoms with E-state index in [9.17, 15) is 4.79 Å². The molecule has 7 heteroatoms. The average molecular weight is 273 g/mol. The van der Waals surface area contributed by atoms with Crippen LogP contribution in [-0.2, 0) is 4.79 Å². The fraction of sp³-hybridized carbons (Fsp3) is 0.444. The maximum Gasteiger partial charge on any atom is 0.227 e. The number of primary amides is 1. The second-order valence-electron chi connectivity index (χ2n) is 2.87. The van der Waals surface area contributed by atoms with Crippen molar-refractivity contribution in [2.24, 2.45) is 5.73 Å². The van der Waals surface area contributed by atoms with Crippen molar-refractivity contribution in [3.8, 4) is 6.07 Å². The molecule has 1 heterocycles. The van der Waals surface area contributed by atoms with Crippen LogP contribution < -0.4 is 5.73 Å². The minimum atomic E-state index is -0.384. The first-order chi connectivity index (χ1) is 7.69. The minimum absolute atomic E-state index is 0.189. The number of nitriles is 1. The monoisotopic (exact) mass is 273 g/mol. The fourth-order valence-corrected chi connectivity index (χ4v) is 3.58. The van der Waals surface area contributed by atoms with E-state index in [0.29, 0.717) is 5.56 Å². The summed E-state index contributed by atoms with van der Waals surface area (Å²) in [5, 5.41) is 9.79. The molecule has 0 saturated carbocycles. The van der Waals surface area contributed by atoms with Crippen LogP contribution in [0.1, 0.15) is 18.9 Å². The summed E-state index contributed by atoms with van der Waals surface area (Å²) in [4.78, 5) is 10.6. The topological polar surface area (TPSA) is 79.8 Å². The second-order valence-corrected chi connectivity index (χ2v) is 5.97. The van der Waals surface area contributed by atoms with E-state index in [2.05, 4.69) is 17.4 Å². The molecule has 0 bridgehead atoms. The van der Waals surface area contributed by atoms with Crippen LogP contribution in [0.15, 0.2) is 9.24 Å². The SMILES string of the molecule is CCCSc1nsc(SCC(N)=O)c1C#N. The summed E-state index contributed by atoms with van der Waals surface area (Å²) in [7, 11) is 0. The average Bonchev–Trinajstić information content (AvgIpc) is 2.65. The predicted molar refractivity (Wildman–Crippen MR) is 67.8 cm³/mol. The Morgan fingerprint density at radius 1 is 1.62 bits per heavy atom. The van der Waals surface area contributed by atoms with Gasteiger partial charge in [-0.2, -0.15) is 9.64 Å². The van der Waals surface area contributed by atoms with Gasteiger partial charge in [0.25, 0.3) is 0 Å². The molecule has 0 aliphatic rings. The van der Waals surface area contributed by atoms with Gasteiger partial charge in [0, 0.05) is 0 Å². The Morgan fingerprint density at radius 3 is 2.94 bits per heavy atom. The Hall–Kier alpha value is -0.710. The molecule has 0 atom stereocenters. The number of rotatable bonds is 6. The third-order valence-corrected chi connectivity index (χ3v) is 4.94. The molecule has 0 fully saturated rings. The zero-order valence-corrected chi connectivity index (χ0v) is 11.2. The lowest BCUT2D eigenvalue weighted by molar-refractivity contribution is -0.115. The zero-order chi connectivity index (χ0) is 12.0. The van der Waals surface area contributed by atoms with Gasteiger partial charge in [0.05, 0.1) is 5.75 Å². The predicted octanol–water partition coefficient (Wildman–Crippen LogP) is 2.09. The van der Waals surface area contributed by atoms with Crippen LogP contribution in [0, 0.1) is 11.3 Å². The van der Waals surface area contributed by atoms with Gasteiger partial charge in [0.1, 0.15) is 20.9 Å². The van der Waals surface area contributed by atoms with E-state index in [0.717, 1.165) is 21.4 Å². The maximum absolute atomic E-state index is 10.6. The van der Waals surface area contributed by atoms with Crippen LogP contribution in [0.4, 0.5) is 0 Å². The molecule has 2 N–H and O–H groups in total. The van der Waals surface area contributed by atoms with Crippen molar-refractivity contribution in [1.82, 2.24) is 4.37 Å². The van der Waals surface area contributed by atoms with Crippen molar-refractivity contribution < 1.29 is 4.79 Å². The molecule has 0 unspecified atom stereocenters. The highest BCUT2D eigenvalue weighted by Crippen LogP contribution is 2.34. The third kappa shape index (κ3) is 3.70. The van der Waals surface area contributed by atoms with Crippen molar-refractivity contribution in [1.29, 1.82) is 5.26 Å². The zero-order valence-electron chi connectivity index (χ0n) is 8.73. The Labute approximate surface area is 107 Å². The van der Waals surface area contributed by atoms with E-state index in [1.165, 1.54) is 23.3 Å². The summed E-state index contributed by atoms with van der Waals surface area (Å²) in [6, 6.07) is 2.13. The number of carbonyl (C=O) groups excluding carboxylic acids is 1. The number of thioether (sulfide) groups is 2. The van der Waals surface area contributed by atoms with Crippen LogP contribution in [0.25, 0.3) is 0 Å². The summed E-state index contributed by atoms with van der Waals surface area (Å²) in [6.07, 6.45) is 1.04. The van der Waals surface area contributed by atoms with Gasteiger partial charge in [-0.1, -0.05) is 6.92 Å². The van der Waals surface area contributed by atoms with Crippen LogP contribution >= 0.6 is 35.1 Å². The van der Waals surface area contributed by atoms with Gasteiger partial charge in [0.15, 0.2) is 0 Å². The van der Waals surface area contributed by atoms with Crippen molar-refractivity contribution in [3.63, 3.8) is 0 Å². The van der Waals surface area contributed by atoms with Gasteiger partial charge in [-0.3, -0.25) is 4.79 Å². The first-order valence-corrected chi connectivity index (χ1v) is 7.37. The Kier molecular flexibility index (Phi) is 5.66. The normalized spacial score (nSPS) is 10.0. The van der Waals surface area contributed by atoms with E-state index >= 15 is 0 Å². The lowest BCUT2D eigenvalue weighted by atomic mass is 10.4. The summed E-state index contributed by atoms with van der Waals surface area (Å²) in [6.45, 7) is 2.08. The van der Waals surface area contributed by atoms with Gasteiger partial charge in [-0.15, -0.1) is 23.5 Å². The number of amides is 1. The summed E-state index contributed by atoms with van der Waals surface area (Å²) in [5.41, 5.74) is 5.63. The van der Waals surface area contributed by atoms with Crippen LogP contribution in [0.2, 0.25) is 0 Å². The van der Waals surface area contributed by atoms with Gasteiger partial charge >= 0.3 is 0 Å². The van der Waals surface area contributed by atoms with Crippen molar-refractivity contribution >= 4 is 41.0 Å². The standard InChI is InChI=1S/C9H11N3OS3/c1-2-3-14-8-6(4-10)9(16-12-8)15-5-7(11)13/h2-3,5H2,1H3,(H2,11,13). The molecule has 1 aromatic rings. The molecule has 0 spiro atoms. The van der Waals surface area contributed by atoms with E-state index in [4.69, 9.17) is 11.0 Å².